The Balaban J connectivity index is 1.57. The molecule has 4 heterocycles. The predicted octanol–water partition coefficient (Wildman–Crippen LogP) is 2.64. The van der Waals surface area contributed by atoms with E-state index in [2.05, 4.69) is 5.32 Å². The van der Waals surface area contributed by atoms with Gasteiger partial charge in [-0.3, -0.25) is 9.59 Å². The molecule has 0 spiro atoms. The number of benzene rings is 2. The lowest BCUT2D eigenvalue weighted by Crippen LogP contribution is -2.44. The van der Waals surface area contributed by atoms with E-state index in [4.69, 9.17) is 15.5 Å². The molecule has 186 valence electrons. The number of esters is 1. The molecule has 0 bridgehead atoms. The van der Waals surface area contributed by atoms with Crippen LogP contribution in [-0.4, -0.2) is 33.1 Å². The van der Waals surface area contributed by atoms with Crippen LogP contribution in [0.15, 0.2) is 59.4 Å². The number of nitrogens with zero attached hydrogens (tertiary/aromatic N) is 2. The van der Waals surface area contributed by atoms with E-state index in [0.29, 0.717) is 17.1 Å². The van der Waals surface area contributed by atoms with Crippen molar-refractivity contribution in [2.75, 3.05) is 11.9 Å². The number of rotatable bonds is 4. The molecule has 0 unspecified atom stereocenters. The van der Waals surface area contributed by atoms with E-state index in [1.54, 1.807) is 17.6 Å². The number of nitrogens with one attached hydrogen (secondary N) is 1. The number of aromatic nitrogens is 2. The molecule has 0 fully saturated rings. The minimum Gasteiger partial charge on any atom is -0.458 e. The Morgan fingerprint density at radius 1 is 1.16 bits per heavy atom. The van der Waals surface area contributed by atoms with Crippen molar-refractivity contribution in [1.29, 1.82) is 0 Å². The maximum Gasteiger partial charge on any atom is 0.343 e. The lowest BCUT2D eigenvalue weighted by Gasteiger charge is -2.31. The van der Waals surface area contributed by atoms with Gasteiger partial charge in [0.15, 0.2) is 5.60 Å². The molecule has 0 saturated carbocycles. The van der Waals surface area contributed by atoms with Crippen molar-refractivity contribution < 1.29 is 19.4 Å². The highest BCUT2D eigenvalue weighted by molar-refractivity contribution is 6.00. The number of hydrogen-bond donors (Lipinski definition) is 3. The Morgan fingerprint density at radius 2 is 1.92 bits per heavy atom. The fraction of sp³-hybridized carbons (Fsp3) is 0.214. The highest BCUT2D eigenvalue weighted by atomic mass is 16.6. The van der Waals surface area contributed by atoms with Crippen molar-refractivity contribution in [3.05, 3.63) is 81.6 Å². The van der Waals surface area contributed by atoms with Crippen LogP contribution in [0.1, 0.15) is 30.0 Å². The molecule has 9 heteroatoms. The van der Waals surface area contributed by atoms with E-state index >= 15 is 0 Å². The van der Waals surface area contributed by atoms with Crippen molar-refractivity contribution >= 4 is 28.5 Å². The van der Waals surface area contributed by atoms with Crippen LogP contribution in [0, 0.1) is 0 Å². The first-order valence-electron chi connectivity index (χ1n) is 12.0. The fourth-order valence-corrected chi connectivity index (χ4v) is 5.29. The number of carbonyl (C=O) groups is 2. The smallest absolute Gasteiger partial charge is 0.343 e. The molecule has 2 aromatic carbocycles. The molecule has 37 heavy (non-hydrogen) atoms. The Labute approximate surface area is 211 Å². The van der Waals surface area contributed by atoms with Gasteiger partial charge in [0, 0.05) is 22.2 Å². The van der Waals surface area contributed by atoms with Crippen LogP contribution >= 0.6 is 0 Å². The maximum atomic E-state index is 13.6. The van der Waals surface area contributed by atoms with E-state index in [1.165, 1.54) is 0 Å². The topological polar surface area (TPSA) is 137 Å². The largest absolute Gasteiger partial charge is 0.458 e. The molecule has 0 radical (unpaired) electrons. The summed E-state index contributed by atoms with van der Waals surface area (Å²) >= 11 is 0. The first kappa shape index (κ1) is 23.1. The number of hydrogen-bond acceptors (Lipinski definition) is 7. The quantitative estimate of drug-likeness (QED) is 0.325. The van der Waals surface area contributed by atoms with Gasteiger partial charge in [-0.05, 0) is 41.8 Å². The summed E-state index contributed by atoms with van der Waals surface area (Å²) < 4.78 is 6.80. The van der Waals surface area contributed by atoms with Crippen molar-refractivity contribution in [3.8, 4) is 22.5 Å². The van der Waals surface area contributed by atoms with E-state index in [0.717, 1.165) is 27.6 Å². The van der Waals surface area contributed by atoms with Gasteiger partial charge >= 0.3 is 5.97 Å². The molecule has 2 aliphatic rings. The normalized spacial score (nSPS) is 17.6. The fourth-order valence-electron chi connectivity index (χ4n) is 5.29. The van der Waals surface area contributed by atoms with Crippen LogP contribution in [0.2, 0.25) is 0 Å². The third kappa shape index (κ3) is 3.39. The van der Waals surface area contributed by atoms with Gasteiger partial charge in [0.25, 0.3) is 5.56 Å². The SMILES string of the molecule is CC[C@@]1(O)C(=O)OCc2c1cc1n(c2=O)Cc2c-1nc1ccccc1c2-c1ccc(NC(=O)CN)cc1. The van der Waals surface area contributed by atoms with E-state index in [1.807, 2.05) is 48.5 Å². The molecule has 6 rings (SSSR count). The van der Waals surface area contributed by atoms with Crippen molar-refractivity contribution in [2.24, 2.45) is 5.73 Å². The monoisotopic (exact) mass is 496 g/mol. The summed E-state index contributed by atoms with van der Waals surface area (Å²) in [5.41, 5.74) is 9.05. The van der Waals surface area contributed by atoms with Crippen LogP contribution in [0.5, 0.6) is 0 Å². The Morgan fingerprint density at radius 3 is 2.65 bits per heavy atom. The second kappa shape index (κ2) is 8.36. The van der Waals surface area contributed by atoms with Crippen LogP contribution in [0.3, 0.4) is 0 Å². The van der Waals surface area contributed by atoms with E-state index in [-0.39, 0.29) is 48.7 Å². The van der Waals surface area contributed by atoms with Crippen LogP contribution in [-0.2, 0) is 33.1 Å². The zero-order valence-electron chi connectivity index (χ0n) is 20.1. The lowest BCUT2D eigenvalue weighted by molar-refractivity contribution is -0.172. The van der Waals surface area contributed by atoms with Gasteiger partial charge in [0.1, 0.15) is 6.61 Å². The number of amides is 1. The summed E-state index contributed by atoms with van der Waals surface area (Å²) in [7, 11) is 0. The second-order valence-corrected chi connectivity index (χ2v) is 9.26. The molecular formula is C28H24N4O5. The average Bonchev–Trinajstić information content (AvgIpc) is 3.28. The molecule has 0 saturated heterocycles. The minimum atomic E-state index is -1.88. The first-order chi connectivity index (χ1) is 17.9. The summed E-state index contributed by atoms with van der Waals surface area (Å²) in [6.07, 6.45) is 0.0814. The standard InChI is InChI=1S/C28H24N4O5/c1-2-28(36)20-11-22-25-18(13-32(22)26(34)19(20)14-37-27(28)35)24(17-5-3-4-6-21(17)31-25)15-7-9-16(10-8-15)30-23(33)12-29/h3-11,36H,2,12-14,29H2,1H3,(H,30,33)/t28-/m0/s1. The molecule has 1 atom stereocenters. The molecule has 4 N–H and O–H groups in total. The molecule has 4 aromatic rings. The number of nitrogens with two attached hydrogens (primary N) is 1. The molecular weight excluding hydrogens is 472 g/mol. The lowest BCUT2D eigenvalue weighted by atomic mass is 9.86. The summed E-state index contributed by atoms with van der Waals surface area (Å²) in [5.74, 6) is -1.03. The highest BCUT2D eigenvalue weighted by Gasteiger charge is 2.45. The number of cyclic esters (lactones) is 1. The van der Waals surface area contributed by atoms with Gasteiger partial charge in [-0.15, -0.1) is 0 Å². The summed E-state index contributed by atoms with van der Waals surface area (Å²) in [5, 5.41) is 14.8. The van der Waals surface area contributed by atoms with Crippen molar-refractivity contribution in [1.82, 2.24) is 9.55 Å². The average molecular weight is 497 g/mol. The number of pyridine rings is 2. The van der Waals surface area contributed by atoms with Crippen LogP contribution in [0.4, 0.5) is 5.69 Å². The highest BCUT2D eigenvalue weighted by Crippen LogP contribution is 2.43. The van der Waals surface area contributed by atoms with Gasteiger partial charge in [0.2, 0.25) is 5.91 Å². The van der Waals surface area contributed by atoms with Gasteiger partial charge in [-0.2, -0.15) is 0 Å². The number of fused-ring (bicyclic) bond motifs is 5. The van der Waals surface area contributed by atoms with Gasteiger partial charge in [-0.1, -0.05) is 37.3 Å². The Kier molecular flexibility index (Phi) is 5.22. The molecule has 2 aromatic heterocycles. The predicted molar refractivity (Wildman–Crippen MR) is 138 cm³/mol. The number of para-hydroxylation sites is 1. The number of aliphatic hydroxyl groups is 1. The molecule has 2 aliphatic heterocycles. The molecule has 9 nitrogen and oxygen atoms in total. The summed E-state index contributed by atoms with van der Waals surface area (Å²) in [6, 6.07) is 16.9. The van der Waals surface area contributed by atoms with Crippen LogP contribution < -0.4 is 16.6 Å². The van der Waals surface area contributed by atoms with Crippen molar-refractivity contribution in [2.45, 2.75) is 32.1 Å². The molecule has 0 aliphatic carbocycles. The summed E-state index contributed by atoms with van der Waals surface area (Å²) in [6.45, 7) is 1.68. The van der Waals surface area contributed by atoms with Gasteiger partial charge in [-0.25, -0.2) is 9.78 Å². The number of anilines is 1. The van der Waals surface area contributed by atoms with E-state index in [9.17, 15) is 19.5 Å². The van der Waals surface area contributed by atoms with Gasteiger partial charge < -0.3 is 25.5 Å². The third-order valence-corrected chi connectivity index (χ3v) is 7.24. The Hall–Kier alpha value is -4.34. The van der Waals surface area contributed by atoms with Gasteiger partial charge in [0.05, 0.1) is 35.6 Å². The van der Waals surface area contributed by atoms with Crippen LogP contribution in [0.25, 0.3) is 33.4 Å². The first-order valence-corrected chi connectivity index (χ1v) is 12.0. The zero-order valence-corrected chi connectivity index (χ0v) is 20.1. The summed E-state index contributed by atoms with van der Waals surface area (Å²) in [4.78, 5) is 42.6. The second-order valence-electron chi connectivity index (χ2n) is 9.26. The number of carbonyl (C=O) groups excluding carboxylic acids is 2. The van der Waals surface area contributed by atoms with Crippen molar-refractivity contribution in [3.63, 3.8) is 0 Å². The zero-order chi connectivity index (χ0) is 25.9. The Bertz CT molecular complexity index is 1680. The third-order valence-electron chi connectivity index (χ3n) is 7.24. The minimum absolute atomic E-state index is 0.0814. The number of ether oxygens (including phenoxy) is 1. The van der Waals surface area contributed by atoms with E-state index < -0.39 is 11.6 Å². The molecule has 1 amide bonds. The maximum absolute atomic E-state index is 13.6.